The summed E-state index contributed by atoms with van der Waals surface area (Å²) in [6.45, 7) is 2.77. The Morgan fingerprint density at radius 3 is 2.76 bits per heavy atom. The maximum atomic E-state index is 12.1. The number of aromatic nitrogens is 1. The van der Waals surface area contributed by atoms with Gasteiger partial charge >= 0.3 is 0 Å². The van der Waals surface area contributed by atoms with E-state index in [0.717, 1.165) is 24.4 Å². The van der Waals surface area contributed by atoms with E-state index in [4.69, 9.17) is 0 Å². The molecule has 1 amide bonds. The van der Waals surface area contributed by atoms with E-state index in [9.17, 15) is 4.79 Å². The Bertz CT molecular complexity index is 569. The maximum absolute atomic E-state index is 12.1. The second kappa shape index (κ2) is 8.20. The van der Waals surface area contributed by atoms with Gasteiger partial charge in [0.2, 0.25) is 5.91 Å². The van der Waals surface area contributed by atoms with Gasteiger partial charge in [-0.3, -0.25) is 4.79 Å². The Morgan fingerprint density at radius 1 is 1.33 bits per heavy atom. The minimum atomic E-state index is 0.205. The molecule has 112 valence electrons. The standard InChI is InChI=1S/C16H20N2OS2/c1-13-15(21-12-17-13)8-9-16(19)18(2)10-11-20-14-6-4-3-5-7-14/h3-7,12H,8-11H2,1-2H3. The highest BCUT2D eigenvalue weighted by Crippen LogP contribution is 2.17. The van der Waals surface area contributed by atoms with Crippen LogP contribution in [-0.4, -0.2) is 35.1 Å². The fourth-order valence-corrected chi connectivity index (χ4v) is 3.65. The lowest BCUT2D eigenvalue weighted by Crippen LogP contribution is -2.29. The van der Waals surface area contributed by atoms with Gasteiger partial charge in [-0.25, -0.2) is 4.98 Å². The molecule has 0 fully saturated rings. The quantitative estimate of drug-likeness (QED) is 0.730. The molecule has 0 spiro atoms. The molecule has 0 saturated carbocycles. The number of aryl methyl sites for hydroxylation is 2. The smallest absolute Gasteiger partial charge is 0.222 e. The molecule has 1 aromatic carbocycles. The number of carbonyl (C=O) groups is 1. The SMILES string of the molecule is Cc1ncsc1CCC(=O)N(C)CCSc1ccccc1. The number of rotatable bonds is 7. The van der Waals surface area contributed by atoms with Crippen molar-refractivity contribution in [2.75, 3.05) is 19.3 Å². The number of carbonyl (C=O) groups excluding carboxylic acids is 1. The summed E-state index contributed by atoms with van der Waals surface area (Å²) in [5.41, 5.74) is 2.89. The summed E-state index contributed by atoms with van der Waals surface area (Å²) >= 11 is 3.42. The predicted octanol–water partition coefficient (Wildman–Crippen LogP) is 3.63. The van der Waals surface area contributed by atoms with Crippen LogP contribution in [0.4, 0.5) is 0 Å². The highest BCUT2D eigenvalue weighted by atomic mass is 32.2. The topological polar surface area (TPSA) is 33.2 Å². The first-order chi connectivity index (χ1) is 10.2. The fourth-order valence-electron chi connectivity index (χ4n) is 1.92. The molecule has 0 radical (unpaired) electrons. The van der Waals surface area contributed by atoms with E-state index in [-0.39, 0.29) is 5.91 Å². The zero-order valence-corrected chi connectivity index (χ0v) is 14.0. The van der Waals surface area contributed by atoms with E-state index < -0.39 is 0 Å². The minimum Gasteiger partial charge on any atom is -0.345 e. The average molecular weight is 320 g/mol. The summed E-state index contributed by atoms with van der Waals surface area (Å²) in [7, 11) is 1.88. The molecule has 2 rings (SSSR count). The van der Waals surface area contributed by atoms with Gasteiger partial charge in [0, 0.05) is 35.5 Å². The van der Waals surface area contributed by atoms with E-state index in [2.05, 4.69) is 17.1 Å². The molecule has 0 unspecified atom stereocenters. The van der Waals surface area contributed by atoms with Crippen LogP contribution in [0.1, 0.15) is 17.0 Å². The van der Waals surface area contributed by atoms with Crippen LogP contribution < -0.4 is 0 Å². The summed E-state index contributed by atoms with van der Waals surface area (Å²) in [5.74, 6) is 1.13. The molecule has 0 aliphatic carbocycles. The number of nitrogens with zero attached hydrogens (tertiary/aromatic N) is 2. The first kappa shape index (κ1) is 16.0. The van der Waals surface area contributed by atoms with Crippen LogP contribution in [0.15, 0.2) is 40.7 Å². The molecule has 0 aliphatic heterocycles. The lowest BCUT2D eigenvalue weighted by atomic mass is 10.2. The summed E-state index contributed by atoms with van der Waals surface area (Å²) in [6, 6.07) is 10.3. The van der Waals surface area contributed by atoms with Crippen LogP contribution in [0, 0.1) is 6.92 Å². The van der Waals surface area contributed by atoms with Crippen molar-refractivity contribution in [3.63, 3.8) is 0 Å². The first-order valence-electron chi connectivity index (χ1n) is 6.97. The van der Waals surface area contributed by atoms with Crippen molar-refractivity contribution in [1.29, 1.82) is 0 Å². The molecule has 1 heterocycles. The van der Waals surface area contributed by atoms with Gasteiger partial charge in [0.1, 0.15) is 0 Å². The lowest BCUT2D eigenvalue weighted by Gasteiger charge is -2.16. The zero-order valence-electron chi connectivity index (χ0n) is 12.4. The van der Waals surface area contributed by atoms with Crippen molar-refractivity contribution in [2.45, 2.75) is 24.7 Å². The third-order valence-corrected chi connectivity index (χ3v) is 5.26. The van der Waals surface area contributed by atoms with Crippen LogP contribution >= 0.6 is 23.1 Å². The average Bonchev–Trinajstić information content (AvgIpc) is 2.91. The van der Waals surface area contributed by atoms with Crippen LogP contribution in [0.3, 0.4) is 0 Å². The van der Waals surface area contributed by atoms with Gasteiger partial charge in [0.25, 0.3) is 0 Å². The number of amides is 1. The van der Waals surface area contributed by atoms with Gasteiger partial charge in [0.15, 0.2) is 0 Å². The Hall–Kier alpha value is -1.33. The van der Waals surface area contributed by atoms with E-state index >= 15 is 0 Å². The zero-order chi connectivity index (χ0) is 15.1. The van der Waals surface area contributed by atoms with E-state index in [0.29, 0.717) is 6.42 Å². The van der Waals surface area contributed by atoms with E-state index in [1.807, 2.05) is 42.6 Å². The molecule has 0 saturated heterocycles. The monoisotopic (exact) mass is 320 g/mol. The van der Waals surface area contributed by atoms with Crippen molar-refractivity contribution < 1.29 is 4.79 Å². The summed E-state index contributed by atoms with van der Waals surface area (Å²) in [4.78, 5) is 20.6. The van der Waals surface area contributed by atoms with Gasteiger partial charge in [-0.15, -0.1) is 23.1 Å². The number of hydrogen-bond donors (Lipinski definition) is 0. The van der Waals surface area contributed by atoms with Gasteiger partial charge in [-0.2, -0.15) is 0 Å². The van der Waals surface area contributed by atoms with Crippen molar-refractivity contribution in [3.8, 4) is 0 Å². The van der Waals surface area contributed by atoms with Crippen molar-refractivity contribution in [2.24, 2.45) is 0 Å². The third kappa shape index (κ3) is 5.17. The highest BCUT2D eigenvalue weighted by molar-refractivity contribution is 7.99. The van der Waals surface area contributed by atoms with Crippen molar-refractivity contribution in [3.05, 3.63) is 46.4 Å². The van der Waals surface area contributed by atoms with Gasteiger partial charge in [0.05, 0.1) is 11.2 Å². The Balaban J connectivity index is 1.69. The largest absolute Gasteiger partial charge is 0.345 e. The van der Waals surface area contributed by atoms with Gasteiger partial charge < -0.3 is 4.90 Å². The Labute approximate surface area is 134 Å². The summed E-state index contributed by atoms with van der Waals surface area (Å²) < 4.78 is 0. The molecule has 0 aliphatic rings. The number of thiazole rings is 1. The van der Waals surface area contributed by atoms with Crippen molar-refractivity contribution in [1.82, 2.24) is 9.88 Å². The molecule has 2 aromatic rings. The maximum Gasteiger partial charge on any atom is 0.222 e. The van der Waals surface area contributed by atoms with E-state index in [1.165, 1.54) is 9.77 Å². The van der Waals surface area contributed by atoms with Crippen LogP contribution in [-0.2, 0) is 11.2 Å². The minimum absolute atomic E-state index is 0.205. The third-order valence-electron chi connectivity index (χ3n) is 3.28. The molecule has 1 aromatic heterocycles. The lowest BCUT2D eigenvalue weighted by molar-refractivity contribution is -0.129. The highest BCUT2D eigenvalue weighted by Gasteiger charge is 2.10. The van der Waals surface area contributed by atoms with Crippen molar-refractivity contribution >= 4 is 29.0 Å². The molecular formula is C16H20N2OS2. The molecule has 21 heavy (non-hydrogen) atoms. The number of thioether (sulfide) groups is 1. The molecule has 3 nitrogen and oxygen atoms in total. The van der Waals surface area contributed by atoms with Crippen LogP contribution in [0.25, 0.3) is 0 Å². The molecule has 0 bridgehead atoms. The van der Waals surface area contributed by atoms with Crippen LogP contribution in [0.5, 0.6) is 0 Å². The summed E-state index contributed by atoms with van der Waals surface area (Å²) in [5, 5.41) is 0. The molecule has 0 atom stereocenters. The number of benzene rings is 1. The normalized spacial score (nSPS) is 10.6. The number of hydrogen-bond acceptors (Lipinski definition) is 4. The molecular weight excluding hydrogens is 300 g/mol. The first-order valence-corrected chi connectivity index (χ1v) is 8.84. The second-order valence-corrected chi connectivity index (χ2v) is 6.95. The Kier molecular flexibility index (Phi) is 6.26. The van der Waals surface area contributed by atoms with E-state index in [1.54, 1.807) is 23.1 Å². The molecule has 5 heteroatoms. The van der Waals surface area contributed by atoms with Crippen LogP contribution in [0.2, 0.25) is 0 Å². The Morgan fingerprint density at radius 2 is 2.10 bits per heavy atom. The molecule has 0 N–H and O–H groups in total. The predicted molar refractivity (Wildman–Crippen MR) is 90.0 cm³/mol. The van der Waals surface area contributed by atoms with Gasteiger partial charge in [-0.05, 0) is 25.5 Å². The van der Waals surface area contributed by atoms with Gasteiger partial charge in [-0.1, -0.05) is 18.2 Å². The second-order valence-electron chi connectivity index (χ2n) is 4.84. The fraction of sp³-hybridized carbons (Fsp3) is 0.375. The summed E-state index contributed by atoms with van der Waals surface area (Å²) in [6.07, 6.45) is 1.36.